The second-order valence-corrected chi connectivity index (χ2v) is 4.01. The fourth-order valence-corrected chi connectivity index (χ4v) is 1.77. The van der Waals surface area contributed by atoms with Crippen LogP contribution in [0.4, 0.5) is 5.82 Å². The first-order valence-corrected chi connectivity index (χ1v) is 7.70. The number of aromatic nitrogens is 4. The fraction of sp³-hybridized carbons (Fsp3) is 0.571. The maximum absolute atomic E-state index is 11.0. The topological polar surface area (TPSA) is 95.9 Å². The third kappa shape index (κ3) is 5.48. The molecule has 0 radical (unpaired) electrons. The molecule has 2 heterocycles. The van der Waals surface area contributed by atoms with Crippen molar-refractivity contribution < 1.29 is 9.53 Å². The number of ether oxygens (including phenoxy) is 1. The minimum Gasteiger partial charge on any atom is -0.469 e. The van der Waals surface area contributed by atoms with E-state index in [0.29, 0.717) is 30.6 Å². The minimum atomic E-state index is -0.244. The van der Waals surface area contributed by atoms with Crippen molar-refractivity contribution in [2.45, 2.75) is 47.1 Å². The highest BCUT2D eigenvalue weighted by Gasteiger charge is 2.10. The Morgan fingerprint density at radius 2 is 1.95 bits per heavy atom. The zero-order valence-corrected chi connectivity index (χ0v) is 14.5. The van der Waals surface area contributed by atoms with E-state index in [1.165, 1.54) is 7.11 Å². The van der Waals surface area contributed by atoms with Crippen LogP contribution in [0.25, 0.3) is 11.2 Å². The Balaban J connectivity index is 0.00000102. The molecule has 0 saturated heterocycles. The van der Waals surface area contributed by atoms with Gasteiger partial charge in [-0.05, 0) is 18.0 Å². The number of esters is 1. The molecule has 2 aromatic heterocycles. The summed E-state index contributed by atoms with van der Waals surface area (Å²) in [6.07, 6.45) is 2.56. The third-order valence-corrected chi connectivity index (χ3v) is 2.64. The van der Waals surface area contributed by atoms with Crippen LogP contribution in [0.3, 0.4) is 0 Å². The van der Waals surface area contributed by atoms with Gasteiger partial charge in [0.05, 0.1) is 13.4 Å². The Bertz CT molecular complexity index is 586. The molecule has 0 amide bonds. The van der Waals surface area contributed by atoms with Crippen LogP contribution in [-0.2, 0) is 16.1 Å². The number of hydrogen-bond acceptors (Lipinski definition) is 6. The molecule has 0 spiro atoms. The number of carbonyl (C=O) groups excluding carboxylic acids is 1. The predicted molar refractivity (Wildman–Crippen MR) is 88.7 cm³/mol. The third-order valence-electron chi connectivity index (χ3n) is 2.47. The number of halogens is 1. The van der Waals surface area contributed by atoms with Gasteiger partial charge in [0.15, 0.2) is 11.5 Å². The second kappa shape index (κ2) is 10.8. The van der Waals surface area contributed by atoms with Crippen LogP contribution < -0.4 is 5.73 Å². The van der Waals surface area contributed by atoms with Crippen molar-refractivity contribution in [3.05, 3.63) is 11.6 Å². The summed E-state index contributed by atoms with van der Waals surface area (Å²) in [5.41, 5.74) is 6.76. The average Bonchev–Trinajstić information content (AvgIpc) is 2.94. The van der Waals surface area contributed by atoms with E-state index in [4.69, 9.17) is 17.3 Å². The lowest BCUT2D eigenvalue weighted by atomic mass is 10.3. The Morgan fingerprint density at radius 3 is 2.55 bits per heavy atom. The molecule has 0 unspecified atom stereocenters. The zero-order valence-electron chi connectivity index (χ0n) is 13.8. The lowest BCUT2D eigenvalue weighted by Gasteiger charge is -2.03. The monoisotopic (exact) mass is 329 g/mol. The maximum atomic E-state index is 11.0. The highest BCUT2D eigenvalue weighted by molar-refractivity contribution is 6.28. The van der Waals surface area contributed by atoms with E-state index in [1.807, 2.05) is 27.7 Å². The van der Waals surface area contributed by atoms with Gasteiger partial charge in [0, 0.05) is 13.0 Å². The van der Waals surface area contributed by atoms with Gasteiger partial charge in [0.25, 0.3) is 0 Å². The van der Waals surface area contributed by atoms with Crippen molar-refractivity contribution in [3.63, 3.8) is 0 Å². The summed E-state index contributed by atoms with van der Waals surface area (Å²) in [5, 5.41) is 0.0784. The van der Waals surface area contributed by atoms with Gasteiger partial charge in [-0.25, -0.2) is 4.98 Å². The molecule has 7 nitrogen and oxygen atoms in total. The van der Waals surface area contributed by atoms with Crippen LogP contribution in [0, 0.1) is 0 Å². The highest BCUT2D eigenvalue weighted by atomic mass is 35.5. The number of hydrogen-bond donors (Lipinski definition) is 1. The van der Waals surface area contributed by atoms with Gasteiger partial charge in [-0.1, -0.05) is 27.7 Å². The van der Waals surface area contributed by atoms with E-state index >= 15 is 0 Å². The number of carbonyl (C=O) groups is 1. The zero-order chi connectivity index (χ0) is 17.1. The highest BCUT2D eigenvalue weighted by Crippen LogP contribution is 2.18. The summed E-state index contributed by atoms with van der Waals surface area (Å²) in [7, 11) is 1.36. The molecule has 0 saturated carbocycles. The van der Waals surface area contributed by atoms with Crippen molar-refractivity contribution >= 4 is 34.6 Å². The summed E-state index contributed by atoms with van der Waals surface area (Å²) in [4.78, 5) is 23.0. The molecule has 2 rings (SSSR count). The summed E-state index contributed by atoms with van der Waals surface area (Å²) in [5.74, 6) is 0.00307. The van der Waals surface area contributed by atoms with Crippen molar-refractivity contribution in [2.24, 2.45) is 0 Å². The Morgan fingerprint density at radius 1 is 1.32 bits per heavy atom. The van der Waals surface area contributed by atoms with Gasteiger partial charge >= 0.3 is 5.97 Å². The molecule has 2 N–H and O–H groups in total. The first-order valence-electron chi connectivity index (χ1n) is 7.32. The lowest BCUT2D eigenvalue weighted by Crippen LogP contribution is -2.04. The van der Waals surface area contributed by atoms with Gasteiger partial charge < -0.3 is 15.0 Å². The van der Waals surface area contributed by atoms with E-state index < -0.39 is 0 Å². The molecule has 0 fully saturated rings. The van der Waals surface area contributed by atoms with Crippen molar-refractivity contribution in [3.8, 4) is 0 Å². The summed E-state index contributed by atoms with van der Waals surface area (Å²) >= 11 is 5.74. The minimum absolute atomic E-state index is 0.0784. The Labute approximate surface area is 135 Å². The SMILES string of the molecule is CC.CC.COC(=O)CCCn1cnc2c(N)nc(Cl)nc21. The predicted octanol–water partition coefficient (Wildman–Crippen LogP) is 3.07. The van der Waals surface area contributed by atoms with Gasteiger partial charge in [0.2, 0.25) is 5.28 Å². The van der Waals surface area contributed by atoms with Gasteiger partial charge in [0.1, 0.15) is 5.52 Å². The molecule has 2 aromatic rings. The molecule has 0 atom stereocenters. The molecular weight excluding hydrogens is 306 g/mol. The van der Waals surface area contributed by atoms with Gasteiger partial charge in [-0.3, -0.25) is 4.79 Å². The van der Waals surface area contributed by atoms with Crippen LogP contribution in [0.2, 0.25) is 5.28 Å². The Hall–Kier alpha value is -1.89. The number of anilines is 1. The van der Waals surface area contributed by atoms with Crippen LogP contribution in [0.15, 0.2) is 6.33 Å². The van der Waals surface area contributed by atoms with Crippen LogP contribution in [-0.4, -0.2) is 32.6 Å². The molecule has 22 heavy (non-hydrogen) atoms. The van der Waals surface area contributed by atoms with Crippen molar-refractivity contribution in [1.29, 1.82) is 0 Å². The van der Waals surface area contributed by atoms with Crippen LogP contribution in [0.5, 0.6) is 0 Å². The smallest absolute Gasteiger partial charge is 0.305 e. The normalized spacial score (nSPS) is 9.36. The number of nitrogens with two attached hydrogens (primary N) is 1. The van der Waals surface area contributed by atoms with E-state index in [0.717, 1.165) is 0 Å². The maximum Gasteiger partial charge on any atom is 0.305 e. The standard InChI is InChI=1S/C10H12ClN5O2.2C2H6/c1-18-6(17)3-2-4-16-5-13-7-8(12)14-10(11)15-9(7)16;2*1-2/h5H,2-4H2,1H3,(H2,12,14,15);2*1-2H3. The quantitative estimate of drug-likeness (QED) is 0.684. The lowest BCUT2D eigenvalue weighted by molar-refractivity contribution is -0.140. The summed E-state index contributed by atoms with van der Waals surface area (Å²) in [6, 6.07) is 0. The Kier molecular flexibility index (Phi) is 9.86. The molecule has 0 aliphatic heterocycles. The number of aryl methyl sites for hydroxylation is 1. The van der Waals surface area contributed by atoms with Crippen LogP contribution in [0.1, 0.15) is 40.5 Å². The van der Waals surface area contributed by atoms with E-state index in [2.05, 4.69) is 19.7 Å². The number of fused-ring (bicyclic) bond motifs is 1. The molecule has 0 aliphatic carbocycles. The number of nitrogen functional groups attached to an aromatic ring is 1. The molecule has 0 bridgehead atoms. The van der Waals surface area contributed by atoms with Crippen molar-refractivity contribution in [2.75, 3.05) is 12.8 Å². The molecule has 124 valence electrons. The van der Waals surface area contributed by atoms with E-state index in [1.54, 1.807) is 10.9 Å². The average molecular weight is 330 g/mol. The van der Waals surface area contributed by atoms with E-state index in [-0.39, 0.29) is 17.1 Å². The molecule has 0 aromatic carbocycles. The van der Waals surface area contributed by atoms with Crippen LogP contribution >= 0.6 is 11.6 Å². The first kappa shape index (κ1) is 20.1. The first-order chi connectivity index (χ1) is 10.6. The molecular formula is C14H24ClN5O2. The fourth-order valence-electron chi connectivity index (χ4n) is 1.60. The van der Waals surface area contributed by atoms with Gasteiger partial charge in [-0.15, -0.1) is 0 Å². The number of rotatable bonds is 4. The molecule has 8 heteroatoms. The number of methoxy groups -OCH3 is 1. The van der Waals surface area contributed by atoms with Crippen molar-refractivity contribution in [1.82, 2.24) is 19.5 Å². The summed E-state index contributed by atoms with van der Waals surface area (Å²) in [6.45, 7) is 8.58. The summed E-state index contributed by atoms with van der Waals surface area (Å²) < 4.78 is 6.34. The molecule has 0 aliphatic rings. The second-order valence-electron chi connectivity index (χ2n) is 3.67. The number of nitrogens with zero attached hydrogens (tertiary/aromatic N) is 4. The largest absolute Gasteiger partial charge is 0.469 e. The number of imidazole rings is 1. The van der Waals surface area contributed by atoms with Gasteiger partial charge in [-0.2, -0.15) is 9.97 Å². The van der Waals surface area contributed by atoms with E-state index in [9.17, 15) is 4.79 Å².